The summed E-state index contributed by atoms with van der Waals surface area (Å²) in [5, 5.41) is 6.89. The lowest BCUT2D eigenvalue weighted by molar-refractivity contribution is 0.346. The Morgan fingerprint density at radius 2 is 0.843 bits per heavy atom. The van der Waals surface area contributed by atoms with Gasteiger partial charge in [-0.05, 0) is 79.9 Å². The summed E-state index contributed by atoms with van der Waals surface area (Å²) in [6, 6.07) is 84.7. The van der Waals surface area contributed by atoms with Gasteiger partial charge in [-0.3, -0.25) is 0 Å². The predicted octanol–water partition coefficient (Wildman–Crippen LogP) is 15.4. The molecule has 1 fully saturated rings. The molecule has 336 valence electrons. The van der Waals surface area contributed by atoms with E-state index >= 15 is 4.57 Å². The Morgan fingerprint density at radius 3 is 1.51 bits per heavy atom. The van der Waals surface area contributed by atoms with Gasteiger partial charge in [0, 0.05) is 38.0 Å². The van der Waals surface area contributed by atoms with Gasteiger partial charge in [-0.15, -0.1) is 0 Å². The van der Waals surface area contributed by atoms with Gasteiger partial charge in [-0.1, -0.05) is 250 Å². The van der Waals surface area contributed by atoms with E-state index in [-0.39, 0.29) is 5.41 Å². The third kappa shape index (κ3) is 7.85. The fraction of sp³-hybridized carbons (Fsp3) is 0.0923. The van der Waals surface area contributed by atoms with Crippen molar-refractivity contribution < 1.29 is 4.57 Å². The van der Waals surface area contributed by atoms with Crippen LogP contribution in [0, 0.1) is 0 Å². The van der Waals surface area contributed by atoms with Gasteiger partial charge in [-0.25, -0.2) is 15.0 Å². The highest BCUT2D eigenvalue weighted by molar-refractivity contribution is 7.85. The van der Waals surface area contributed by atoms with Gasteiger partial charge in [0.25, 0.3) is 0 Å². The Balaban J connectivity index is 0.913. The Hall–Kier alpha value is -8.04. The summed E-state index contributed by atoms with van der Waals surface area (Å²) in [6.45, 7) is 0. The summed E-state index contributed by atoms with van der Waals surface area (Å²) in [7, 11) is -3.19. The Morgan fingerprint density at radius 1 is 0.343 bits per heavy atom. The van der Waals surface area contributed by atoms with Crippen LogP contribution in [0.4, 0.5) is 0 Å². The first-order valence-electron chi connectivity index (χ1n) is 24.4. The molecule has 1 aromatic heterocycles. The van der Waals surface area contributed by atoms with Crippen LogP contribution in [0.1, 0.15) is 43.2 Å². The van der Waals surface area contributed by atoms with Gasteiger partial charge in [-0.2, -0.15) is 0 Å². The maximum absolute atomic E-state index is 15.6. The van der Waals surface area contributed by atoms with Crippen LogP contribution in [0.5, 0.6) is 0 Å². The van der Waals surface area contributed by atoms with Crippen molar-refractivity contribution in [1.29, 1.82) is 0 Å². The van der Waals surface area contributed by atoms with Crippen LogP contribution in [-0.2, 0) is 9.98 Å². The second kappa shape index (κ2) is 18.5. The average Bonchev–Trinajstić information content (AvgIpc) is 3.45. The van der Waals surface area contributed by atoms with Crippen LogP contribution in [0.15, 0.2) is 243 Å². The molecule has 1 heterocycles. The van der Waals surface area contributed by atoms with E-state index in [4.69, 9.17) is 15.0 Å². The average molecular weight is 920 g/mol. The molecule has 0 aliphatic heterocycles. The topological polar surface area (TPSA) is 55.7 Å². The van der Waals surface area contributed by atoms with E-state index in [0.717, 1.165) is 89.2 Å². The quantitative estimate of drug-likeness (QED) is 0.128. The smallest absolute Gasteiger partial charge is 0.171 e. The van der Waals surface area contributed by atoms with Crippen LogP contribution in [0.3, 0.4) is 0 Å². The molecule has 1 saturated carbocycles. The highest BCUT2D eigenvalue weighted by atomic mass is 31.2. The molecule has 10 aromatic carbocycles. The fourth-order valence-corrected chi connectivity index (χ4v) is 13.8. The summed E-state index contributed by atoms with van der Waals surface area (Å²) < 4.78 is 15.6. The SMILES string of the molecule is O=P(c1ccccc1)(c1ccccc1)c1ccc(-c2ccc(C3(c4ccc(-c5nc(-c6cccc(-c7ccccc7)c6)nc(-c6cccc7ccccc67)n5)cc4)CCCCC3)cc2)c2ccccc12. The first kappa shape index (κ1) is 43.3. The first-order chi connectivity index (χ1) is 34.5. The van der Waals surface area contributed by atoms with Crippen molar-refractivity contribution in [2.45, 2.75) is 37.5 Å². The molecular weight excluding hydrogens is 870 g/mol. The second-order valence-electron chi connectivity index (χ2n) is 18.5. The Kier molecular flexibility index (Phi) is 11.4. The monoisotopic (exact) mass is 919 g/mol. The molecule has 5 heteroatoms. The molecule has 0 atom stereocenters. The van der Waals surface area contributed by atoms with E-state index in [1.54, 1.807) is 0 Å². The lowest BCUT2D eigenvalue weighted by Crippen LogP contribution is -2.30. The van der Waals surface area contributed by atoms with Crippen LogP contribution in [-0.4, -0.2) is 15.0 Å². The summed E-state index contributed by atoms with van der Waals surface area (Å²) >= 11 is 0. The minimum atomic E-state index is -3.19. The van der Waals surface area contributed by atoms with Crippen LogP contribution in [0.25, 0.3) is 78.0 Å². The number of rotatable bonds is 10. The molecule has 0 spiro atoms. The first-order valence-corrected chi connectivity index (χ1v) is 26.1. The zero-order chi connectivity index (χ0) is 46.9. The van der Waals surface area contributed by atoms with E-state index in [0.29, 0.717) is 17.5 Å². The Bertz CT molecular complexity index is 3650. The number of hydrogen-bond donors (Lipinski definition) is 0. The molecule has 0 amide bonds. The van der Waals surface area contributed by atoms with Crippen LogP contribution in [0.2, 0.25) is 0 Å². The second-order valence-corrected chi connectivity index (χ2v) is 21.3. The van der Waals surface area contributed by atoms with Gasteiger partial charge in [0.2, 0.25) is 0 Å². The number of nitrogens with zero attached hydrogens (tertiary/aromatic N) is 3. The third-order valence-corrected chi connectivity index (χ3v) is 17.6. The summed E-state index contributed by atoms with van der Waals surface area (Å²) in [5.74, 6) is 1.94. The van der Waals surface area contributed by atoms with Crippen LogP contribution >= 0.6 is 7.14 Å². The van der Waals surface area contributed by atoms with Crippen molar-refractivity contribution in [3.05, 3.63) is 254 Å². The number of fused-ring (bicyclic) bond motifs is 2. The van der Waals surface area contributed by atoms with Crippen molar-refractivity contribution in [2.75, 3.05) is 0 Å². The normalized spacial score (nSPS) is 13.6. The lowest BCUT2D eigenvalue weighted by atomic mass is 9.65. The van der Waals surface area contributed by atoms with Gasteiger partial charge < -0.3 is 4.57 Å². The highest BCUT2D eigenvalue weighted by Crippen LogP contribution is 2.48. The molecule has 0 saturated heterocycles. The van der Waals surface area contributed by atoms with E-state index in [9.17, 15) is 0 Å². The molecule has 70 heavy (non-hydrogen) atoms. The van der Waals surface area contributed by atoms with E-state index in [1.807, 2.05) is 66.7 Å². The third-order valence-electron chi connectivity index (χ3n) is 14.5. The fourth-order valence-electron chi connectivity index (χ4n) is 11.0. The van der Waals surface area contributed by atoms with Crippen molar-refractivity contribution >= 4 is 44.6 Å². The van der Waals surface area contributed by atoms with E-state index in [1.165, 1.54) is 30.4 Å². The molecule has 1 aliphatic carbocycles. The minimum absolute atomic E-state index is 0.129. The molecule has 0 bridgehead atoms. The minimum Gasteiger partial charge on any atom is -0.309 e. The molecule has 0 radical (unpaired) electrons. The molecule has 1 aliphatic rings. The van der Waals surface area contributed by atoms with Crippen molar-refractivity contribution in [3.63, 3.8) is 0 Å². The largest absolute Gasteiger partial charge is 0.309 e. The van der Waals surface area contributed by atoms with Crippen molar-refractivity contribution in [1.82, 2.24) is 15.0 Å². The summed E-state index contributed by atoms with van der Waals surface area (Å²) in [6.07, 6.45) is 5.74. The Labute approximate surface area is 409 Å². The molecule has 4 nitrogen and oxygen atoms in total. The van der Waals surface area contributed by atoms with E-state index in [2.05, 4.69) is 176 Å². The lowest BCUT2D eigenvalue weighted by Gasteiger charge is -2.39. The van der Waals surface area contributed by atoms with Gasteiger partial charge in [0.15, 0.2) is 24.6 Å². The van der Waals surface area contributed by atoms with Gasteiger partial charge in [0.1, 0.15) is 0 Å². The van der Waals surface area contributed by atoms with Crippen molar-refractivity contribution in [3.8, 4) is 56.4 Å². The molecule has 0 unspecified atom stereocenters. The number of aromatic nitrogens is 3. The molecule has 11 aromatic rings. The van der Waals surface area contributed by atoms with Gasteiger partial charge in [0.05, 0.1) is 0 Å². The van der Waals surface area contributed by atoms with Crippen molar-refractivity contribution in [2.24, 2.45) is 0 Å². The van der Waals surface area contributed by atoms with E-state index < -0.39 is 7.14 Å². The molecule has 12 rings (SSSR count). The maximum atomic E-state index is 15.6. The summed E-state index contributed by atoms with van der Waals surface area (Å²) in [4.78, 5) is 15.6. The predicted molar refractivity (Wildman–Crippen MR) is 292 cm³/mol. The van der Waals surface area contributed by atoms with Crippen LogP contribution < -0.4 is 15.9 Å². The highest BCUT2D eigenvalue weighted by Gasteiger charge is 2.36. The standard InChI is InChI=1S/C65H50N3OP/c69-70(54-25-7-2-8-26-54,55-27-9-3-10-28-55)61-42-41-57(58-30-13-14-31-59(58)61)48-33-37-52(38-34-48)65(43-15-4-16-44-65)53-39-35-49(36-40-53)62-66-63(51-24-17-23-50(45-51)46-19-5-1-6-20-46)68-64(67-62)60-32-18-22-47-21-11-12-29-56(47)60/h1-3,5-14,17-42,45H,4,15-16,43-44H2. The zero-order valence-corrected chi connectivity index (χ0v) is 39.7. The maximum Gasteiger partial charge on any atom is 0.171 e. The molecular formula is C65H50N3OP. The van der Waals surface area contributed by atoms with Gasteiger partial charge >= 0.3 is 0 Å². The zero-order valence-electron chi connectivity index (χ0n) is 38.8. The number of benzene rings is 10. The number of hydrogen-bond acceptors (Lipinski definition) is 4. The molecule has 0 N–H and O–H groups in total. The summed E-state index contributed by atoms with van der Waals surface area (Å²) in [5.41, 5.74) is 9.93.